The maximum Gasteiger partial charge on any atom is 0.253 e. The summed E-state index contributed by atoms with van der Waals surface area (Å²) in [7, 11) is 3.43. The standard InChI is InChI=1S/C15H19N5O/c1-10-7-18-12(8-17-10)9-19-14-6-11(4-5-13(14)16)15(21)20(2)3/h4-8,19H,9,16H2,1-3H3. The Balaban J connectivity index is 2.14. The summed E-state index contributed by atoms with van der Waals surface area (Å²) < 4.78 is 0. The molecule has 0 saturated heterocycles. The lowest BCUT2D eigenvalue weighted by Crippen LogP contribution is -2.21. The molecule has 0 fully saturated rings. The second-order valence-electron chi connectivity index (χ2n) is 5.00. The van der Waals surface area contributed by atoms with E-state index < -0.39 is 0 Å². The Labute approximate surface area is 124 Å². The van der Waals surface area contributed by atoms with E-state index in [1.807, 2.05) is 6.92 Å². The fourth-order valence-corrected chi connectivity index (χ4v) is 1.80. The number of benzene rings is 1. The molecule has 0 bridgehead atoms. The summed E-state index contributed by atoms with van der Waals surface area (Å²) in [4.78, 5) is 21.9. The van der Waals surface area contributed by atoms with Crippen molar-refractivity contribution in [2.75, 3.05) is 25.1 Å². The molecule has 1 aromatic carbocycles. The predicted molar refractivity (Wildman–Crippen MR) is 83.0 cm³/mol. The Hall–Kier alpha value is -2.63. The van der Waals surface area contributed by atoms with Crippen LogP contribution in [-0.2, 0) is 6.54 Å². The van der Waals surface area contributed by atoms with Crippen molar-refractivity contribution in [2.24, 2.45) is 0 Å². The fourth-order valence-electron chi connectivity index (χ4n) is 1.80. The highest BCUT2D eigenvalue weighted by Gasteiger charge is 2.10. The summed E-state index contributed by atoms with van der Waals surface area (Å²) in [5.74, 6) is -0.0619. The molecule has 0 unspecified atom stereocenters. The molecular weight excluding hydrogens is 266 g/mol. The van der Waals surface area contributed by atoms with Gasteiger partial charge in [-0.25, -0.2) is 0 Å². The van der Waals surface area contributed by atoms with Crippen LogP contribution in [0.2, 0.25) is 0 Å². The molecule has 1 heterocycles. The molecule has 0 aliphatic heterocycles. The molecule has 0 aliphatic rings. The smallest absolute Gasteiger partial charge is 0.253 e. The van der Waals surface area contributed by atoms with Crippen molar-refractivity contribution in [2.45, 2.75) is 13.5 Å². The molecule has 1 amide bonds. The van der Waals surface area contributed by atoms with Gasteiger partial charge in [0.25, 0.3) is 5.91 Å². The zero-order valence-corrected chi connectivity index (χ0v) is 12.4. The summed E-state index contributed by atoms with van der Waals surface area (Å²) in [6, 6.07) is 5.19. The van der Waals surface area contributed by atoms with Crippen LogP contribution in [0.3, 0.4) is 0 Å². The van der Waals surface area contributed by atoms with Gasteiger partial charge in [-0.1, -0.05) is 0 Å². The lowest BCUT2D eigenvalue weighted by molar-refractivity contribution is 0.0827. The van der Waals surface area contributed by atoms with Crippen molar-refractivity contribution in [1.82, 2.24) is 14.9 Å². The van der Waals surface area contributed by atoms with Gasteiger partial charge in [0.2, 0.25) is 0 Å². The zero-order chi connectivity index (χ0) is 15.4. The highest BCUT2D eigenvalue weighted by atomic mass is 16.2. The molecule has 0 radical (unpaired) electrons. The summed E-state index contributed by atoms with van der Waals surface area (Å²) >= 11 is 0. The summed E-state index contributed by atoms with van der Waals surface area (Å²) in [5, 5.41) is 3.18. The number of carbonyl (C=O) groups excluding carboxylic acids is 1. The largest absolute Gasteiger partial charge is 0.397 e. The summed E-state index contributed by atoms with van der Waals surface area (Å²) in [6.07, 6.45) is 3.43. The van der Waals surface area contributed by atoms with Crippen molar-refractivity contribution >= 4 is 17.3 Å². The molecule has 2 rings (SSSR count). The van der Waals surface area contributed by atoms with Crippen LogP contribution in [0.4, 0.5) is 11.4 Å². The molecule has 3 N–H and O–H groups in total. The first-order chi connectivity index (χ1) is 9.97. The Bertz CT molecular complexity index is 637. The van der Waals surface area contributed by atoms with Gasteiger partial charge in [-0.15, -0.1) is 0 Å². The minimum atomic E-state index is -0.0619. The molecule has 1 aromatic heterocycles. The average Bonchev–Trinajstić information content (AvgIpc) is 2.47. The van der Waals surface area contributed by atoms with Gasteiger partial charge in [-0.3, -0.25) is 14.8 Å². The molecule has 0 saturated carbocycles. The van der Waals surface area contributed by atoms with Crippen molar-refractivity contribution in [3.05, 3.63) is 47.5 Å². The van der Waals surface area contributed by atoms with Crippen molar-refractivity contribution in [3.8, 4) is 0 Å². The normalized spacial score (nSPS) is 10.2. The maximum atomic E-state index is 12.0. The van der Waals surface area contributed by atoms with E-state index in [4.69, 9.17) is 5.73 Å². The second-order valence-corrected chi connectivity index (χ2v) is 5.00. The number of nitrogens with zero attached hydrogens (tertiary/aromatic N) is 3. The Kier molecular flexibility index (Phi) is 4.37. The quantitative estimate of drug-likeness (QED) is 0.835. The lowest BCUT2D eigenvalue weighted by atomic mass is 10.1. The topological polar surface area (TPSA) is 84.1 Å². The van der Waals surface area contributed by atoms with E-state index in [2.05, 4.69) is 15.3 Å². The van der Waals surface area contributed by atoms with E-state index in [9.17, 15) is 4.79 Å². The molecule has 110 valence electrons. The predicted octanol–water partition coefficient (Wildman–Crippen LogP) is 1.68. The number of rotatable bonds is 4. The monoisotopic (exact) mass is 285 g/mol. The van der Waals surface area contributed by atoms with Gasteiger partial charge in [0.1, 0.15) is 0 Å². The minimum Gasteiger partial charge on any atom is -0.397 e. The van der Waals surface area contributed by atoms with Crippen LogP contribution < -0.4 is 11.1 Å². The Morgan fingerprint density at radius 3 is 2.67 bits per heavy atom. The molecule has 6 heteroatoms. The number of hydrogen-bond acceptors (Lipinski definition) is 5. The third-order valence-corrected chi connectivity index (χ3v) is 3.00. The SMILES string of the molecule is Cc1cnc(CNc2cc(C(=O)N(C)C)ccc2N)cn1. The fraction of sp³-hybridized carbons (Fsp3) is 0.267. The average molecular weight is 285 g/mol. The van der Waals surface area contributed by atoms with E-state index in [1.165, 1.54) is 4.90 Å². The van der Waals surface area contributed by atoms with E-state index in [1.54, 1.807) is 44.7 Å². The van der Waals surface area contributed by atoms with Gasteiger partial charge in [0, 0.05) is 25.9 Å². The molecule has 2 aromatic rings. The Morgan fingerprint density at radius 1 is 1.29 bits per heavy atom. The van der Waals surface area contributed by atoms with Crippen LogP contribution in [0.15, 0.2) is 30.6 Å². The number of aryl methyl sites for hydroxylation is 1. The van der Waals surface area contributed by atoms with Gasteiger partial charge in [-0.2, -0.15) is 0 Å². The van der Waals surface area contributed by atoms with Crippen molar-refractivity contribution < 1.29 is 4.79 Å². The molecule has 21 heavy (non-hydrogen) atoms. The molecular formula is C15H19N5O. The van der Waals surface area contributed by atoms with Crippen LogP contribution in [-0.4, -0.2) is 34.9 Å². The van der Waals surface area contributed by atoms with Crippen LogP contribution in [0, 0.1) is 6.92 Å². The second kappa shape index (κ2) is 6.21. The van der Waals surface area contributed by atoms with Gasteiger partial charge >= 0.3 is 0 Å². The van der Waals surface area contributed by atoms with E-state index in [0.717, 1.165) is 11.4 Å². The number of aromatic nitrogens is 2. The number of anilines is 2. The van der Waals surface area contributed by atoms with Gasteiger partial charge in [0.05, 0.1) is 35.5 Å². The summed E-state index contributed by atoms with van der Waals surface area (Å²) in [6.45, 7) is 2.38. The zero-order valence-electron chi connectivity index (χ0n) is 12.4. The highest BCUT2D eigenvalue weighted by molar-refractivity contribution is 5.95. The van der Waals surface area contributed by atoms with E-state index in [0.29, 0.717) is 23.5 Å². The van der Waals surface area contributed by atoms with Gasteiger partial charge in [-0.05, 0) is 25.1 Å². The number of amides is 1. The molecule has 6 nitrogen and oxygen atoms in total. The van der Waals surface area contributed by atoms with E-state index in [-0.39, 0.29) is 5.91 Å². The lowest BCUT2D eigenvalue weighted by Gasteiger charge is -2.13. The van der Waals surface area contributed by atoms with Crippen molar-refractivity contribution in [1.29, 1.82) is 0 Å². The number of nitrogen functional groups attached to an aromatic ring is 1. The number of hydrogen-bond donors (Lipinski definition) is 2. The molecule has 0 aliphatic carbocycles. The van der Waals surface area contributed by atoms with Gasteiger partial charge < -0.3 is 16.0 Å². The molecule has 0 spiro atoms. The first-order valence-electron chi connectivity index (χ1n) is 6.60. The van der Waals surface area contributed by atoms with Gasteiger partial charge in [0.15, 0.2) is 0 Å². The van der Waals surface area contributed by atoms with Crippen LogP contribution in [0.5, 0.6) is 0 Å². The third kappa shape index (κ3) is 3.68. The first-order valence-corrected chi connectivity index (χ1v) is 6.60. The van der Waals surface area contributed by atoms with Crippen LogP contribution in [0.1, 0.15) is 21.7 Å². The third-order valence-electron chi connectivity index (χ3n) is 3.00. The van der Waals surface area contributed by atoms with Crippen molar-refractivity contribution in [3.63, 3.8) is 0 Å². The first kappa shape index (κ1) is 14.8. The number of carbonyl (C=O) groups is 1. The van der Waals surface area contributed by atoms with Crippen LogP contribution in [0.25, 0.3) is 0 Å². The maximum absolute atomic E-state index is 12.0. The number of nitrogens with two attached hydrogens (primary N) is 1. The number of nitrogens with one attached hydrogen (secondary N) is 1. The van der Waals surface area contributed by atoms with Crippen LogP contribution >= 0.6 is 0 Å². The van der Waals surface area contributed by atoms with E-state index >= 15 is 0 Å². The summed E-state index contributed by atoms with van der Waals surface area (Å²) in [5.41, 5.74) is 9.50. The highest BCUT2D eigenvalue weighted by Crippen LogP contribution is 2.21. The minimum absolute atomic E-state index is 0.0619. The molecule has 0 atom stereocenters. The Morgan fingerprint density at radius 2 is 2.05 bits per heavy atom.